The summed E-state index contributed by atoms with van der Waals surface area (Å²) in [5.74, 6) is 0.882. The van der Waals surface area contributed by atoms with Crippen molar-refractivity contribution in [3.05, 3.63) is 0 Å². The van der Waals surface area contributed by atoms with E-state index in [0.29, 0.717) is 12.3 Å². The summed E-state index contributed by atoms with van der Waals surface area (Å²) in [5, 5.41) is 20.3. The van der Waals surface area contributed by atoms with Crippen LogP contribution in [0, 0.1) is 5.92 Å². The van der Waals surface area contributed by atoms with Crippen LogP contribution in [0.3, 0.4) is 0 Å². The summed E-state index contributed by atoms with van der Waals surface area (Å²) in [6, 6.07) is 0. The first kappa shape index (κ1) is 11.3. The van der Waals surface area contributed by atoms with Gasteiger partial charge in [-0.3, -0.25) is 0 Å². The molecule has 5 nitrogen and oxygen atoms in total. The third-order valence-corrected chi connectivity index (χ3v) is 2.66. The number of aliphatic hydroxyl groups excluding tert-OH is 1. The van der Waals surface area contributed by atoms with Crippen molar-refractivity contribution in [2.24, 2.45) is 16.8 Å². The average Bonchev–Trinajstić information content (AvgIpc) is 2.11. The Morgan fingerprint density at radius 2 is 2.21 bits per heavy atom. The van der Waals surface area contributed by atoms with Gasteiger partial charge in [0, 0.05) is 19.5 Å². The quantitative estimate of drug-likeness (QED) is 0.249. The monoisotopic (exact) mass is 201 g/mol. The van der Waals surface area contributed by atoms with E-state index < -0.39 is 0 Å². The minimum absolute atomic E-state index is 0.0857. The van der Waals surface area contributed by atoms with Gasteiger partial charge in [0.2, 0.25) is 0 Å². The van der Waals surface area contributed by atoms with Crippen molar-refractivity contribution < 1.29 is 10.3 Å². The summed E-state index contributed by atoms with van der Waals surface area (Å²) in [7, 11) is 2.01. The van der Waals surface area contributed by atoms with Gasteiger partial charge in [-0.15, -0.1) is 0 Å². The summed E-state index contributed by atoms with van der Waals surface area (Å²) in [4.78, 5) is 2.15. The number of hydrogen-bond acceptors (Lipinski definition) is 4. The number of hydrogen-bond donors (Lipinski definition) is 3. The molecule has 0 aliphatic heterocycles. The van der Waals surface area contributed by atoms with Crippen molar-refractivity contribution in [3.63, 3.8) is 0 Å². The normalized spacial score (nSPS) is 27.8. The molecule has 1 rings (SSSR count). The molecule has 0 spiro atoms. The Morgan fingerprint density at radius 3 is 2.71 bits per heavy atom. The van der Waals surface area contributed by atoms with Crippen molar-refractivity contribution in [3.8, 4) is 0 Å². The summed E-state index contributed by atoms with van der Waals surface area (Å²) in [5.41, 5.74) is 5.35. The fourth-order valence-corrected chi connectivity index (χ4v) is 1.74. The molecule has 0 unspecified atom stereocenters. The van der Waals surface area contributed by atoms with E-state index in [1.54, 1.807) is 0 Å². The van der Waals surface area contributed by atoms with E-state index >= 15 is 0 Å². The van der Waals surface area contributed by atoms with Gasteiger partial charge >= 0.3 is 0 Å². The molecular weight excluding hydrogens is 182 g/mol. The molecule has 82 valence electrons. The number of oxime groups is 1. The molecular formula is C9H19N3O2. The van der Waals surface area contributed by atoms with Gasteiger partial charge in [-0.2, -0.15) is 0 Å². The van der Waals surface area contributed by atoms with Crippen LogP contribution in [0.1, 0.15) is 19.3 Å². The number of rotatable bonds is 5. The van der Waals surface area contributed by atoms with E-state index in [1.807, 2.05) is 7.05 Å². The van der Waals surface area contributed by atoms with Gasteiger partial charge in [0.05, 0.1) is 6.10 Å². The summed E-state index contributed by atoms with van der Waals surface area (Å²) in [6.45, 7) is 1.78. The van der Waals surface area contributed by atoms with E-state index in [1.165, 1.54) is 0 Å². The standard InChI is InChI=1S/C9H19N3O2/c1-12(3-2-9(10)11-14)6-7-4-8(13)5-7/h7-8,13-14H,2-6H2,1H3,(H2,10,11). The number of amidine groups is 1. The molecule has 0 saturated heterocycles. The van der Waals surface area contributed by atoms with Gasteiger partial charge in [0.25, 0.3) is 0 Å². The van der Waals surface area contributed by atoms with Crippen molar-refractivity contribution in [1.29, 1.82) is 0 Å². The zero-order chi connectivity index (χ0) is 10.6. The molecule has 4 N–H and O–H groups in total. The number of nitrogens with two attached hydrogens (primary N) is 1. The SMILES string of the molecule is CN(CCC(N)=NO)CC1CC(O)C1. The lowest BCUT2D eigenvalue weighted by Crippen LogP contribution is -2.38. The zero-order valence-electron chi connectivity index (χ0n) is 8.56. The highest BCUT2D eigenvalue weighted by molar-refractivity contribution is 5.79. The molecule has 1 fully saturated rings. The molecule has 0 atom stereocenters. The minimum atomic E-state index is -0.0857. The van der Waals surface area contributed by atoms with Crippen LogP contribution in [0.5, 0.6) is 0 Å². The van der Waals surface area contributed by atoms with Gasteiger partial charge in [0.15, 0.2) is 0 Å². The van der Waals surface area contributed by atoms with Crippen molar-refractivity contribution in [1.82, 2.24) is 4.90 Å². The van der Waals surface area contributed by atoms with Gasteiger partial charge < -0.3 is 20.9 Å². The van der Waals surface area contributed by atoms with Crippen molar-refractivity contribution >= 4 is 5.84 Å². The third kappa shape index (κ3) is 3.51. The second kappa shape index (κ2) is 5.17. The molecule has 1 saturated carbocycles. The molecule has 0 radical (unpaired) electrons. The smallest absolute Gasteiger partial charge is 0.140 e. The van der Waals surface area contributed by atoms with Crippen molar-refractivity contribution in [2.75, 3.05) is 20.1 Å². The van der Waals surface area contributed by atoms with Crippen LogP contribution >= 0.6 is 0 Å². The van der Waals surface area contributed by atoms with E-state index in [4.69, 9.17) is 16.0 Å². The van der Waals surface area contributed by atoms with E-state index in [2.05, 4.69) is 10.1 Å². The molecule has 0 aromatic heterocycles. The van der Waals surface area contributed by atoms with Gasteiger partial charge in [-0.25, -0.2) is 0 Å². The Kier molecular flexibility index (Phi) is 4.16. The molecule has 0 heterocycles. The Morgan fingerprint density at radius 1 is 1.57 bits per heavy atom. The first-order valence-corrected chi connectivity index (χ1v) is 4.94. The average molecular weight is 201 g/mol. The predicted molar refractivity (Wildman–Crippen MR) is 54.3 cm³/mol. The summed E-state index contributed by atoms with van der Waals surface area (Å²) >= 11 is 0. The largest absolute Gasteiger partial charge is 0.409 e. The molecule has 14 heavy (non-hydrogen) atoms. The van der Waals surface area contributed by atoms with E-state index in [-0.39, 0.29) is 11.9 Å². The molecule has 1 aliphatic carbocycles. The maximum absolute atomic E-state index is 9.10. The molecule has 0 amide bonds. The van der Waals surface area contributed by atoms with Gasteiger partial charge in [-0.1, -0.05) is 5.16 Å². The molecule has 5 heteroatoms. The lowest BCUT2D eigenvalue weighted by atomic mass is 9.82. The second-order valence-electron chi connectivity index (χ2n) is 4.09. The highest BCUT2D eigenvalue weighted by atomic mass is 16.4. The van der Waals surface area contributed by atoms with Crippen LogP contribution < -0.4 is 5.73 Å². The predicted octanol–water partition coefficient (Wildman–Crippen LogP) is -0.174. The maximum Gasteiger partial charge on any atom is 0.140 e. The first-order valence-electron chi connectivity index (χ1n) is 4.94. The van der Waals surface area contributed by atoms with Gasteiger partial charge in [0.1, 0.15) is 5.84 Å². The van der Waals surface area contributed by atoms with Gasteiger partial charge in [-0.05, 0) is 25.8 Å². The minimum Gasteiger partial charge on any atom is -0.409 e. The van der Waals surface area contributed by atoms with Crippen LogP contribution in [0.15, 0.2) is 5.16 Å². The molecule has 0 aromatic rings. The van der Waals surface area contributed by atoms with Crippen LogP contribution in [0.2, 0.25) is 0 Å². The Bertz CT molecular complexity index is 202. The highest BCUT2D eigenvalue weighted by Crippen LogP contribution is 2.27. The lowest BCUT2D eigenvalue weighted by molar-refractivity contribution is 0.0287. The Hall–Kier alpha value is -0.810. The van der Waals surface area contributed by atoms with Crippen LogP contribution in [-0.4, -0.2) is 47.3 Å². The van der Waals surface area contributed by atoms with E-state index in [9.17, 15) is 0 Å². The summed E-state index contributed by atoms with van der Waals surface area (Å²) < 4.78 is 0. The molecule has 1 aliphatic rings. The third-order valence-electron chi connectivity index (χ3n) is 2.66. The second-order valence-corrected chi connectivity index (χ2v) is 4.09. The van der Waals surface area contributed by atoms with Crippen molar-refractivity contribution in [2.45, 2.75) is 25.4 Å². The number of nitrogens with zero attached hydrogens (tertiary/aromatic N) is 2. The maximum atomic E-state index is 9.10. The van der Waals surface area contributed by atoms with E-state index in [0.717, 1.165) is 25.9 Å². The van der Waals surface area contributed by atoms with Crippen LogP contribution in [0.4, 0.5) is 0 Å². The first-order chi connectivity index (χ1) is 6.61. The number of aliphatic hydroxyl groups is 1. The molecule has 0 aromatic carbocycles. The Labute approximate surface area is 84.2 Å². The van der Waals surface area contributed by atoms with Crippen LogP contribution in [-0.2, 0) is 0 Å². The fourth-order valence-electron chi connectivity index (χ4n) is 1.74. The fraction of sp³-hybridized carbons (Fsp3) is 0.889. The van der Waals surface area contributed by atoms with Crippen LogP contribution in [0.25, 0.3) is 0 Å². The molecule has 0 bridgehead atoms. The topological polar surface area (TPSA) is 82.1 Å². The lowest BCUT2D eigenvalue weighted by Gasteiger charge is -2.34. The highest BCUT2D eigenvalue weighted by Gasteiger charge is 2.27. The zero-order valence-corrected chi connectivity index (χ0v) is 8.56. The Balaban J connectivity index is 2.07. The summed E-state index contributed by atoms with van der Waals surface area (Å²) in [6.07, 6.45) is 2.32.